The van der Waals surface area contributed by atoms with E-state index < -0.39 is 0 Å². The summed E-state index contributed by atoms with van der Waals surface area (Å²) in [6.07, 6.45) is 4.31. The monoisotopic (exact) mass is 283 g/mol. The van der Waals surface area contributed by atoms with Crippen LogP contribution in [0.4, 0.5) is 0 Å². The lowest BCUT2D eigenvalue weighted by Gasteiger charge is -2.24. The smallest absolute Gasteiger partial charge is 0.0624 e. The van der Waals surface area contributed by atoms with Crippen molar-refractivity contribution in [3.8, 4) is 0 Å². The van der Waals surface area contributed by atoms with Crippen molar-refractivity contribution in [2.45, 2.75) is 57.5 Å². The Labute approximate surface area is 127 Å². The predicted octanol–water partition coefficient (Wildman–Crippen LogP) is 3.07. The fourth-order valence-electron chi connectivity index (χ4n) is 3.32. The first kappa shape index (κ1) is 14.3. The van der Waals surface area contributed by atoms with Gasteiger partial charge in [-0.05, 0) is 37.8 Å². The highest BCUT2D eigenvalue weighted by molar-refractivity contribution is 5.34. The molecule has 0 bridgehead atoms. The van der Waals surface area contributed by atoms with Gasteiger partial charge >= 0.3 is 0 Å². The average molecular weight is 283 g/mol. The highest BCUT2D eigenvalue weighted by Gasteiger charge is 2.49. The van der Waals surface area contributed by atoms with E-state index in [4.69, 9.17) is 5.73 Å². The van der Waals surface area contributed by atoms with Gasteiger partial charge in [0, 0.05) is 30.1 Å². The molecule has 1 saturated carbocycles. The van der Waals surface area contributed by atoms with Gasteiger partial charge in [0.1, 0.15) is 0 Å². The standard InChI is InChI=1S/C18H25N3/c1-3-15-12-16(21(4-2)20-15)13-17(19)18(10-11-18)14-8-6-5-7-9-14/h5-9,12,17H,3-4,10-11,13,19H2,1-2H3. The molecule has 1 aliphatic rings. The van der Waals surface area contributed by atoms with Crippen molar-refractivity contribution in [3.63, 3.8) is 0 Å². The third-order valence-corrected chi connectivity index (χ3v) is 4.85. The molecule has 0 saturated heterocycles. The number of aromatic nitrogens is 2. The maximum atomic E-state index is 6.61. The van der Waals surface area contributed by atoms with Crippen LogP contribution in [0.15, 0.2) is 36.4 Å². The molecule has 112 valence electrons. The van der Waals surface area contributed by atoms with Crippen LogP contribution in [-0.2, 0) is 24.8 Å². The van der Waals surface area contributed by atoms with Gasteiger partial charge in [-0.15, -0.1) is 0 Å². The summed E-state index contributed by atoms with van der Waals surface area (Å²) in [7, 11) is 0. The Balaban J connectivity index is 1.81. The molecule has 2 aromatic rings. The second-order valence-corrected chi connectivity index (χ2v) is 6.13. The minimum atomic E-state index is 0.173. The van der Waals surface area contributed by atoms with Crippen molar-refractivity contribution in [3.05, 3.63) is 53.3 Å². The number of rotatable bonds is 6. The van der Waals surface area contributed by atoms with Crippen molar-refractivity contribution in [1.82, 2.24) is 9.78 Å². The molecule has 0 amide bonds. The molecule has 1 aromatic heterocycles. The Kier molecular flexibility index (Phi) is 3.85. The van der Waals surface area contributed by atoms with Gasteiger partial charge in [-0.25, -0.2) is 0 Å². The predicted molar refractivity (Wildman–Crippen MR) is 86.3 cm³/mol. The van der Waals surface area contributed by atoms with Crippen LogP contribution in [0.1, 0.15) is 43.6 Å². The summed E-state index contributed by atoms with van der Waals surface area (Å²) in [6.45, 7) is 5.21. The number of hydrogen-bond acceptors (Lipinski definition) is 2. The summed E-state index contributed by atoms with van der Waals surface area (Å²) in [5, 5.41) is 4.64. The lowest BCUT2D eigenvalue weighted by Crippen LogP contribution is -2.37. The van der Waals surface area contributed by atoms with Crippen molar-refractivity contribution >= 4 is 0 Å². The van der Waals surface area contributed by atoms with Gasteiger partial charge in [-0.2, -0.15) is 5.10 Å². The summed E-state index contributed by atoms with van der Waals surface area (Å²) in [5.74, 6) is 0. The molecule has 1 fully saturated rings. The molecule has 3 nitrogen and oxygen atoms in total. The maximum Gasteiger partial charge on any atom is 0.0624 e. The van der Waals surface area contributed by atoms with Crippen LogP contribution in [0.25, 0.3) is 0 Å². The Morgan fingerprint density at radius 1 is 1.24 bits per heavy atom. The second kappa shape index (κ2) is 5.64. The Bertz CT molecular complexity index is 596. The van der Waals surface area contributed by atoms with Crippen LogP contribution in [0.5, 0.6) is 0 Å². The van der Waals surface area contributed by atoms with Crippen molar-refractivity contribution in [2.24, 2.45) is 5.73 Å². The molecule has 3 heteroatoms. The Morgan fingerprint density at radius 2 is 1.95 bits per heavy atom. The van der Waals surface area contributed by atoms with Crippen LogP contribution >= 0.6 is 0 Å². The van der Waals surface area contributed by atoms with Gasteiger partial charge in [0.15, 0.2) is 0 Å². The maximum absolute atomic E-state index is 6.61. The summed E-state index contributed by atoms with van der Waals surface area (Å²) in [4.78, 5) is 0. The van der Waals surface area contributed by atoms with Crippen LogP contribution in [0.2, 0.25) is 0 Å². The second-order valence-electron chi connectivity index (χ2n) is 6.13. The number of nitrogens with two attached hydrogens (primary N) is 1. The van der Waals surface area contributed by atoms with Crippen molar-refractivity contribution < 1.29 is 0 Å². The minimum Gasteiger partial charge on any atom is -0.327 e. The largest absolute Gasteiger partial charge is 0.327 e. The van der Waals surface area contributed by atoms with Gasteiger partial charge in [-0.3, -0.25) is 4.68 Å². The molecular formula is C18H25N3. The summed E-state index contributed by atoms with van der Waals surface area (Å²) in [6, 6.07) is 13.2. The van der Waals surface area contributed by atoms with Crippen LogP contribution in [0, 0.1) is 0 Å². The summed E-state index contributed by atoms with van der Waals surface area (Å²) < 4.78 is 2.11. The Morgan fingerprint density at radius 3 is 2.52 bits per heavy atom. The Hall–Kier alpha value is -1.61. The van der Waals surface area contributed by atoms with E-state index in [2.05, 4.69) is 60.0 Å². The van der Waals surface area contributed by atoms with E-state index in [0.29, 0.717) is 0 Å². The highest BCUT2D eigenvalue weighted by Crippen LogP contribution is 2.50. The highest BCUT2D eigenvalue weighted by atomic mass is 15.3. The number of benzene rings is 1. The van der Waals surface area contributed by atoms with E-state index in [1.165, 1.54) is 29.8 Å². The first-order chi connectivity index (χ1) is 10.2. The molecule has 0 radical (unpaired) electrons. The van der Waals surface area contributed by atoms with E-state index in [-0.39, 0.29) is 11.5 Å². The summed E-state index contributed by atoms with van der Waals surface area (Å²) >= 11 is 0. The quantitative estimate of drug-likeness (QED) is 0.885. The molecule has 1 unspecified atom stereocenters. The van der Waals surface area contributed by atoms with Gasteiger partial charge < -0.3 is 5.73 Å². The first-order valence-corrected chi connectivity index (χ1v) is 8.06. The zero-order valence-electron chi connectivity index (χ0n) is 13.0. The fourth-order valence-corrected chi connectivity index (χ4v) is 3.32. The lowest BCUT2D eigenvalue weighted by molar-refractivity contribution is 0.490. The fraction of sp³-hybridized carbons (Fsp3) is 0.500. The zero-order valence-corrected chi connectivity index (χ0v) is 13.0. The van der Waals surface area contributed by atoms with Gasteiger partial charge in [0.05, 0.1) is 5.69 Å². The first-order valence-electron chi connectivity index (χ1n) is 8.06. The van der Waals surface area contributed by atoms with Crippen molar-refractivity contribution in [2.75, 3.05) is 0 Å². The van der Waals surface area contributed by atoms with Gasteiger partial charge in [-0.1, -0.05) is 37.3 Å². The molecule has 1 heterocycles. The average Bonchev–Trinajstić information content (AvgIpc) is 3.25. The van der Waals surface area contributed by atoms with Gasteiger partial charge in [0.2, 0.25) is 0 Å². The molecule has 0 spiro atoms. The van der Waals surface area contributed by atoms with Gasteiger partial charge in [0.25, 0.3) is 0 Å². The summed E-state index contributed by atoms with van der Waals surface area (Å²) in [5.41, 5.74) is 10.7. The third kappa shape index (κ3) is 2.62. The number of nitrogens with zero attached hydrogens (tertiary/aromatic N) is 2. The molecule has 1 atom stereocenters. The minimum absolute atomic E-state index is 0.173. The van der Waals surface area contributed by atoms with Crippen LogP contribution in [-0.4, -0.2) is 15.8 Å². The molecule has 0 aliphatic heterocycles. The number of aryl methyl sites for hydroxylation is 2. The lowest BCUT2D eigenvalue weighted by atomic mass is 9.86. The van der Waals surface area contributed by atoms with Crippen LogP contribution < -0.4 is 5.73 Å². The molecule has 21 heavy (non-hydrogen) atoms. The molecule has 2 N–H and O–H groups in total. The van der Waals surface area contributed by atoms with E-state index in [9.17, 15) is 0 Å². The SMILES string of the molecule is CCc1cc(CC(N)C2(c3ccccc3)CC2)n(CC)n1. The van der Waals surface area contributed by atoms with Crippen molar-refractivity contribution in [1.29, 1.82) is 0 Å². The molecule has 1 aliphatic carbocycles. The normalized spacial score (nSPS) is 17.7. The van der Waals surface area contributed by atoms with E-state index in [1.54, 1.807) is 0 Å². The zero-order chi connectivity index (χ0) is 14.9. The molecule has 1 aromatic carbocycles. The molecule has 3 rings (SSSR count). The number of hydrogen-bond donors (Lipinski definition) is 1. The molecular weight excluding hydrogens is 258 g/mol. The third-order valence-electron chi connectivity index (χ3n) is 4.85. The van der Waals surface area contributed by atoms with Crippen LogP contribution in [0.3, 0.4) is 0 Å². The van der Waals surface area contributed by atoms with E-state index in [1.807, 2.05) is 0 Å². The van der Waals surface area contributed by atoms with E-state index >= 15 is 0 Å². The topological polar surface area (TPSA) is 43.8 Å². The van der Waals surface area contributed by atoms with E-state index in [0.717, 1.165) is 19.4 Å².